The monoisotopic (exact) mass is 272 g/mol. The fraction of sp³-hybridized carbons (Fsp3) is 0.438. The summed E-state index contributed by atoms with van der Waals surface area (Å²) in [5.74, 6) is 0.163. The van der Waals surface area contributed by atoms with Gasteiger partial charge in [-0.05, 0) is 30.9 Å². The summed E-state index contributed by atoms with van der Waals surface area (Å²) in [4.78, 5) is 15.2. The number of hydrogen-bond donors (Lipinski definition) is 2. The van der Waals surface area contributed by atoms with Gasteiger partial charge in [0.05, 0.1) is 12.5 Å². The zero-order valence-corrected chi connectivity index (χ0v) is 11.5. The first-order valence-corrected chi connectivity index (χ1v) is 7.25. The predicted molar refractivity (Wildman–Crippen MR) is 78.6 cm³/mol. The Morgan fingerprint density at radius 1 is 1.40 bits per heavy atom. The molecule has 0 bridgehead atoms. The van der Waals surface area contributed by atoms with Crippen molar-refractivity contribution < 1.29 is 9.53 Å². The van der Waals surface area contributed by atoms with Crippen LogP contribution in [0.3, 0.4) is 0 Å². The topological polar surface area (TPSA) is 54.1 Å². The van der Waals surface area contributed by atoms with Crippen LogP contribution in [0, 0.1) is 5.92 Å². The molecule has 20 heavy (non-hydrogen) atoms. The molecule has 2 N–H and O–H groups in total. The van der Waals surface area contributed by atoms with E-state index in [1.165, 1.54) is 10.9 Å². The zero-order valence-electron chi connectivity index (χ0n) is 11.5. The Morgan fingerprint density at radius 3 is 3.15 bits per heavy atom. The summed E-state index contributed by atoms with van der Waals surface area (Å²) in [5, 5.41) is 4.26. The number of benzene rings is 1. The van der Waals surface area contributed by atoms with E-state index < -0.39 is 0 Å². The Bertz CT molecular complexity index is 585. The van der Waals surface area contributed by atoms with Gasteiger partial charge in [0.1, 0.15) is 0 Å². The number of aromatic nitrogens is 1. The molecule has 1 aliphatic heterocycles. The molecule has 2 heterocycles. The average molecular weight is 272 g/mol. The van der Waals surface area contributed by atoms with E-state index in [1.54, 1.807) is 0 Å². The largest absolute Gasteiger partial charge is 0.381 e. The van der Waals surface area contributed by atoms with Crippen LogP contribution in [-0.2, 0) is 16.0 Å². The number of carbonyl (C=O) groups is 1. The van der Waals surface area contributed by atoms with E-state index in [0.717, 1.165) is 31.4 Å². The van der Waals surface area contributed by atoms with Crippen LogP contribution in [0.25, 0.3) is 10.9 Å². The van der Waals surface area contributed by atoms with Gasteiger partial charge in [0.15, 0.2) is 0 Å². The molecule has 4 nitrogen and oxygen atoms in total. The third kappa shape index (κ3) is 2.85. The van der Waals surface area contributed by atoms with Gasteiger partial charge in [-0.2, -0.15) is 0 Å². The highest BCUT2D eigenvalue weighted by Crippen LogP contribution is 2.18. The standard InChI is InChI=1S/C16H20N2O2/c19-16(13-4-3-9-20-11-13)17-8-7-12-10-18-15-6-2-1-5-14(12)15/h1-2,5-6,10,13,18H,3-4,7-9,11H2,(H,17,19). The van der Waals surface area contributed by atoms with E-state index >= 15 is 0 Å². The first-order chi connectivity index (χ1) is 9.84. The highest BCUT2D eigenvalue weighted by Gasteiger charge is 2.21. The van der Waals surface area contributed by atoms with E-state index in [-0.39, 0.29) is 11.8 Å². The van der Waals surface area contributed by atoms with Gasteiger partial charge in [-0.15, -0.1) is 0 Å². The number of H-pyrrole nitrogens is 1. The van der Waals surface area contributed by atoms with Crippen molar-refractivity contribution in [3.63, 3.8) is 0 Å². The second-order valence-electron chi connectivity index (χ2n) is 5.31. The lowest BCUT2D eigenvalue weighted by atomic mass is 10.0. The number of fused-ring (bicyclic) bond motifs is 1. The van der Waals surface area contributed by atoms with Gasteiger partial charge in [0.25, 0.3) is 0 Å². The minimum absolute atomic E-state index is 0.0340. The van der Waals surface area contributed by atoms with E-state index in [1.807, 2.05) is 18.3 Å². The molecule has 3 rings (SSSR count). The molecule has 4 heteroatoms. The summed E-state index contributed by atoms with van der Waals surface area (Å²) in [7, 11) is 0. The zero-order chi connectivity index (χ0) is 13.8. The van der Waals surface area contributed by atoms with E-state index in [4.69, 9.17) is 4.74 Å². The van der Waals surface area contributed by atoms with E-state index in [2.05, 4.69) is 22.4 Å². The molecular formula is C16H20N2O2. The molecule has 0 saturated carbocycles. The van der Waals surface area contributed by atoms with Crippen molar-refractivity contribution in [2.24, 2.45) is 5.92 Å². The number of carbonyl (C=O) groups excluding carboxylic acids is 1. The van der Waals surface area contributed by atoms with Crippen molar-refractivity contribution in [3.8, 4) is 0 Å². The van der Waals surface area contributed by atoms with E-state index in [9.17, 15) is 4.79 Å². The van der Waals surface area contributed by atoms with E-state index in [0.29, 0.717) is 13.2 Å². The van der Waals surface area contributed by atoms with Gasteiger partial charge < -0.3 is 15.0 Å². The number of rotatable bonds is 4. The number of nitrogens with one attached hydrogen (secondary N) is 2. The molecule has 1 amide bonds. The number of ether oxygens (including phenoxy) is 1. The maximum atomic E-state index is 12.0. The molecule has 2 aromatic rings. The number of para-hydroxylation sites is 1. The number of aromatic amines is 1. The molecule has 1 atom stereocenters. The molecule has 1 fully saturated rings. The van der Waals surface area contributed by atoms with Crippen molar-refractivity contribution >= 4 is 16.8 Å². The fourth-order valence-corrected chi connectivity index (χ4v) is 2.75. The lowest BCUT2D eigenvalue weighted by molar-refractivity contribution is -0.128. The predicted octanol–water partition coefficient (Wildman–Crippen LogP) is 2.25. The van der Waals surface area contributed by atoms with Gasteiger partial charge in [0, 0.05) is 30.3 Å². The SMILES string of the molecule is O=C(NCCc1c[nH]c2ccccc12)C1CCCOC1. The molecule has 1 saturated heterocycles. The Morgan fingerprint density at radius 2 is 2.30 bits per heavy atom. The van der Waals surface area contributed by atoms with Crippen LogP contribution < -0.4 is 5.32 Å². The first kappa shape index (κ1) is 13.2. The van der Waals surface area contributed by atoms with Gasteiger partial charge in [0.2, 0.25) is 5.91 Å². The highest BCUT2D eigenvalue weighted by atomic mass is 16.5. The molecule has 0 spiro atoms. The normalized spacial score (nSPS) is 19.1. The Balaban J connectivity index is 1.53. The second kappa shape index (κ2) is 6.09. The molecule has 0 aliphatic carbocycles. The second-order valence-corrected chi connectivity index (χ2v) is 5.31. The smallest absolute Gasteiger partial charge is 0.225 e. The molecule has 1 aromatic carbocycles. The van der Waals surface area contributed by atoms with Crippen molar-refractivity contribution in [2.75, 3.05) is 19.8 Å². The van der Waals surface area contributed by atoms with Crippen LogP contribution in [0.1, 0.15) is 18.4 Å². The molecule has 106 valence electrons. The molecular weight excluding hydrogens is 252 g/mol. The van der Waals surface area contributed by atoms with Gasteiger partial charge in [-0.25, -0.2) is 0 Å². The Kier molecular flexibility index (Phi) is 4.02. The molecule has 1 aliphatic rings. The van der Waals surface area contributed by atoms with Crippen molar-refractivity contribution in [3.05, 3.63) is 36.0 Å². The molecule has 1 aromatic heterocycles. The summed E-state index contributed by atoms with van der Waals surface area (Å²) < 4.78 is 5.35. The fourth-order valence-electron chi connectivity index (χ4n) is 2.75. The first-order valence-electron chi connectivity index (χ1n) is 7.25. The van der Waals surface area contributed by atoms with Crippen molar-refractivity contribution in [1.29, 1.82) is 0 Å². The summed E-state index contributed by atoms with van der Waals surface area (Å²) in [6, 6.07) is 8.24. The lowest BCUT2D eigenvalue weighted by Crippen LogP contribution is -2.36. The van der Waals surface area contributed by atoms with Gasteiger partial charge in [-0.1, -0.05) is 18.2 Å². The average Bonchev–Trinajstić information content (AvgIpc) is 2.92. The van der Waals surface area contributed by atoms with Crippen molar-refractivity contribution in [2.45, 2.75) is 19.3 Å². The lowest BCUT2D eigenvalue weighted by Gasteiger charge is -2.21. The van der Waals surface area contributed by atoms with Crippen LogP contribution in [0.15, 0.2) is 30.5 Å². The molecule has 0 radical (unpaired) electrons. The highest BCUT2D eigenvalue weighted by molar-refractivity contribution is 5.83. The van der Waals surface area contributed by atoms with Crippen LogP contribution in [0.4, 0.5) is 0 Å². The summed E-state index contributed by atoms with van der Waals surface area (Å²) in [5.41, 5.74) is 2.40. The maximum absolute atomic E-state index is 12.0. The minimum Gasteiger partial charge on any atom is -0.381 e. The van der Waals surface area contributed by atoms with Crippen LogP contribution in [0.2, 0.25) is 0 Å². The minimum atomic E-state index is 0.0340. The van der Waals surface area contributed by atoms with Crippen LogP contribution in [-0.4, -0.2) is 30.6 Å². The van der Waals surface area contributed by atoms with Crippen molar-refractivity contribution in [1.82, 2.24) is 10.3 Å². The Hall–Kier alpha value is -1.81. The summed E-state index contributed by atoms with van der Waals surface area (Å²) in [6.07, 6.45) is 4.81. The number of hydrogen-bond acceptors (Lipinski definition) is 2. The van der Waals surface area contributed by atoms with Gasteiger partial charge in [-0.3, -0.25) is 4.79 Å². The molecule has 1 unspecified atom stereocenters. The third-order valence-electron chi connectivity index (χ3n) is 3.90. The van der Waals surface area contributed by atoms with Crippen LogP contribution in [0.5, 0.6) is 0 Å². The Labute approximate surface area is 118 Å². The summed E-state index contributed by atoms with van der Waals surface area (Å²) >= 11 is 0. The third-order valence-corrected chi connectivity index (χ3v) is 3.90. The quantitative estimate of drug-likeness (QED) is 0.897. The van der Waals surface area contributed by atoms with Gasteiger partial charge >= 0.3 is 0 Å². The number of amides is 1. The van der Waals surface area contributed by atoms with Crippen LogP contribution >= 0.6 is 0 Å². The summed E-state index contributed by atoms with van der Waals surface area (Å²) in [6.45, 7) is 2.04. The maximum Gasteiger partial charge on any atom is 0.225 e.